The highest BCUT2D eigenvalue weighted by Gasteiger charge is 2.31. The molecular formula is C14H24O5. The van der Waals surface area contributed by atoms with Crippen molar-refractivity contribution in [2.75, 3.05) is 6.61 Å². The zero-order valence-electron chi connectivity index (χ0n) is 12.4. The Balaban J connectivity index is 4.38. The van der Waals surface area contributed by atoms with Crippen LogP contribution in [0.25, 0.3) is 0 Å². The summed E-state index contributed by atoms with van der Waals surface area (Å²) in [5, 5.41) is 0. The fourth-order valence-corrected chi connectivity index (χ4v) is 1.38. The van der Waals surface area contributed by atoms with Crippen LogP contribution < -0.4 is 0 Å². The molecule has 110 valence electrons. The zero-order chi connectivity index (χ0) is 15.1. The van der Waals surface area contributed by atoms with Gasteiger partial charge in [0.1, 0.15) is 6.61 Å². The van der Waals surface area contributed by atoms with Gasteiger partial charge in [-0.1, -0.05) is 13.2 Å². The van der Waals surface area contributed by atoms with Crippen molar-refractivity contribution in [1.82, 2.24) is 0 Å². The number of rotatable bonds is 9. The molecule has 0 N–H and O–H groups in total. The van der Waals surface area contributed by atoms with Gasteiger partial charge in [-0.05, 0) is 27.7 Å². The molecule has 0 aliphatic heterocycles. The molecule has 5 heteroatoms. The minimum atomic E-state index is -1.26. The minimum Gasteiger partial charge on any atom is -0.460 e. The quantitative estimate of drug-likeness (QED) is 0.279. The second kappa shape index (κ2) is 7.96. The van der Waals surface area contributed by atoms with Crippen molar-refractivity contribution >= 4 is 5.97 Å². The van der Waals surface area contributed by atoms with Gasteiger partial charge in [-0.3, -0.25) is 0 Å². The molecule has 0 amide bonds. The van der Waals surface area contributed by atoms with Gasteiger partial charge in [0.15, 0.2) is 0 Å². The van der Waals surface area contributed by atoms with Crippen molar-refractivity contribution in [3.8, 4) is 0 Å². The molecule has 0 spiro atoms. The van der Waals surface area contributed by atoms with Crippen LogP contribution >= 0.6 is 0 Å². The highest BCUT2D eigenvalue weighted by Crippen LogP contribution is 2.19. The molecule has 2 atom stereocenters. The molecule has 0 aromatic rings. The lowest BCUT2D eigenvalue weighted by atomic mass is 10.3. The highest BCUT2D eigenvalue weighted by molar-refractivity contribution is 5.86. The molecule has 0 aliphatic carbocycles. The van der Waals surface area contributed by atoms with Crippen molar-refractivity contribution in [2.45, 2.75) is 52.8 Å². The van der Waals surface area contributed by atoms with Crippen molar-refractivity contribution in [3.05, 3.63) is 25.0 Å². The van der Waals surface area contributed by atoms with Gasteiger partial charge >= 0.3 is 11.9 Å². The molecule has 5 nitrogen and oxygen atoms in total. The second-order valence-corrected chi connectivity index (χ2v) is 4.62. The van der Waals surface area contributed by atoms with E-state index in [1.165, 1.54) is 6.26 Å². The van der Waals surface area contributed by atoms with Gasteiger partial charge in [-0.2, -0.15) is 0 Å². The fraction of sp³-hybridized carbons (Fsp3) is 0.643. The smallest absolute Gasteiger partial charge is 0.333 e. The van der Waals surface area contributed by atoms with Gasteiger partial charge in [0.25, 0.3) is 0 Å². The molecule has 0 aromatic carbocycles. The molecule has 0 saturated carbocycles. The van der Waals surface area contributed by atoms with Crippen LogP contribution in [0.3, 0.4) is 0 Å². The molecule has 0 aliphatic rings. The van der Waals surface area contributed by atoms with E-state index in [2.05, 4.69) is 13.2 Å². The van der Waals surface area contributed by atoms with Gasteiger partial charge in [0.05, 0.1) is 18.5 Å². The van der Waals surface area contributed by atoms with Crippen molar-refractivity contribution in [1.29, 1.82) is 0 Å². The van der Waals surface area contributed by atoms with Gasteiger partial charge in [0, 0.05) is 12.5 Å². The van der Waals surface area contributed by atoms with Crippen molar-refractivity contribution < 1.29 is 23.7 Å². The summed E-state index contributed by atoms with van der Waals surface area (Å²) in [6.07, 6.45) is 0.761. The van der Waals surface area contributed by atoms with E-state index in [1.54, 1.807) is 20.8 Å². The Morgan fingerprint density at radius 3 is 2.32 bits per heavy atom. The van der Waals surface area contributed by atoms with Crippen LogP contribution in [0.2, 0.25) is 0 Å². The first-order chi connectivity index (χ1) is 8.70. The molecule has 0 fully saturated rings. The summed E-state index contributed by atoms with van der Waals surface area (Å²) in [7, 11) is 0. The summed E-state index contributed by atoms with van der Waals surface area (Å²) < 4.78 is 21.3. The average Bonchev–Trinajstić information content (AvgIpc) is 2.24. The standard InChI is InChI=1S/C14H24O5/c1-8-17-14(7,18-11(4)5)19-12(6)9-16-13(15)10(2)3/h8,11-12H,1-2,9H2,3-7H3. The lowest BCUT2D eigenvalue weighted by Crippen LogP contribution is -2.40. The molecule has 0 aromatic heterocycles. The van der Waals surface area contributed by atoms with E-state index in [0.717, 1.165) is 0 Å². The Morgan fingerprint density at radius 2 is 1.89 bits per heavy atom. The van der Waals surface area contributed by atoms with Gasteiger partial charge in [-0.15, -0.1) is 0 Å². The molecule has 2 unspecified atom stereocenters. The maximum atomic E-state index is 11.3. The van der Waals surface area contributed by atoms with Crippen LogP contribution in [-0.4, -0.2) is 30.8 Å². The van der Waals surface area contributed by atoms with E-state index in [-0.39, 0.29) is 12.7 Å². The van der Waals surface area contributed by atoms with Gasteiger partial charge in [-0.25, -0.2) is 4.79 Å². The maximum absolute atomic E-state index is 11.3. The number of ether oxygens (including phenoxy) is 4. The van der Waals surface area contributed by atoms with Crippen LogP contribution in [0.1, 0.15) is 34.6 Å². The Kier molecular flexibility index (Phi) is 7.41. The summed E-state index contributed by atoms with van der Waals surface area (Å²) in [6, 6.07) is 0. The summed E-state index contributed by atoms with van der Waals surface area (Å²) in [4.78, 5) is 11.3. The second-order valence-electron chi connectivity index (χ2n) is 4.62. The number of carbonyl (C=O) groups excluding carboxylic acids is 1. The van der Waals surface area contributed by atoms with E-state index in [0.29, 0.717) is 5.57 Å². The van der Waals surface area contributed by atoms with Gasteiger partial charge in [0.2, 0.25) is 0 Å². The van der Waals surface area contributed by atoms with Crippen molar-refractivity contribution in [2.24, 2.45) is 0 Å². The molecular weight excluding hydrogens is 248 g/mol. The fourth-order valence-electron chi connectivity index (χ4n) is 1.38. The monoisotopic (exact) mass is 272 g/mol. The van der Waals surface area contributed by atoms with Crippen LogP contribution in [0, 0.1) is 0 Å². The van der Waals surface area contributed by atoms with Crippen LogP contribution in [0.15, 0.2) is 25.0 Å². The molecule has 0 saturated heterocycles. The maximum Gasteiger partial charge on any atom is 0.333 e. The molecule has 0 rings (SSSR count). The molecule has 0 bridgehead atoms. The third-order valence-electron chi connectivity index (χ3n) is 1.96. The lowest BCUT2D eigenvalue weighted by molar-refractivity contribution is -0.375. The Labute approximate surface area is 115 Å². The van der Waals surface area contributed by atoms with E-state index in [1.807, 2.05) is 13.8 Å². The average molecular weight is 272 g/mol. The van der Waals surface area contributed by atoms with Crippen LogP contribution in [-0.2, 0) is 23.7 Å². The summed E-state index contributed by atoms with van der Waals surface area (Å²) >= 11 is 0. The van der Waals surface area contributed by atoms with Crippen LogP contribution in [0.5, 0.6) is 0 Å². The van der Waals surface area contributed by atoms with Crippen molar-refractivity contribution in [3.63, 3.8) is 0 Å². The Bertz CT molecular complexity index is 324. The van der Waals surface area contributed by atoms with E-state index in [9.17, 15) is 4.79 Å². The highest BCUT2D eigenvalue weighted by atomic mass is 16.9. The molecule has 0 radical (unpaired) electrons. The molecule has 0 heterocycles. The Morgan fingerprint density at radius 1 is 1.32 bits per heavy atom. The zero-order valence-corrected chi connectivity index (χ0v) is 12.4. The predicted octanol–water partition coefficient (Wildman–Crippen LogP) is 2.77. The number of hydrogen-bond acceptors (Lipinski definition) is 5. The van der Waals surface area contributed by atoms with E-state index >= 15 is 0 Å². The summed E-state index contributed by atoms with van der Waals surface area (Å²) in [6.45, 7) is 15.8. The largest absolute Gasteiger partial charge is 0.460 e. The van der Waals surface area contributed by atoms with E-state index in [4.69, 9.17) is 18.9 Å². The summed E-state index contributed by atoms with van der Waals surface area (Å²) in [5.41, 5.74) is 0.343. The first kappa shape index (κ1) is 17.7. The summed E-state index contributed by atoms with van der Waals surface area (Å²) in [5.74, 6) is -1.71. The Hall–Kier alpha value is -1.33. The first-order valence-electron chi connectivity index (χ1n) is 6.17. The SMILES string of the molecule is C=COC(C)(OC(C)C)OC(C)COC(=O)C(=C)C. The molecule has 19 heavy (non-hydrogen) atoms. The number of esters is 1. The van der Waals surface area contributed by atoms with E-state index < -0.39 is 18.0 Å². The lowest BCUT2D eigenvalue weighted by Gasteiger charge is -2.32. The van der Waals surface area contributed by atoms with Crippen LogP contribution in [0.4, 0.5) is 0 Å². The number of carbonyl (C=O) groups is 1. The minimum absolute atomic E-state index is 0.0865. The predicted molar refractivity (Wildman–Crippen MR) is 72.2 cm³/mol. The first-order valence-corrected chi connectivity index (χ1v) is 6.17. The number of hydrogen-bond donors (Lipinski definition) is 0. The normalized spacial score (nSPS) is 15.5. The third-order valence-corrected chi connectivity index (χ3v) is 1.96. The topological polar surface area (TPSA) is 54.0 Å². The van der Waals surface area contributed by atoms with Gasteiger partial charge < -0.3 is 18.9 Å². The third kappa shape index (κ3) is 7.64.